The predicted octanol–water partition coefficient (Wildman–Crippen LogP) is -0.0401. The molecule has 8 heteroatoms. The van der Waals surface area contributed by atoms with Crippen LogP contribution in [0.1, 0.15) is 36.9 Å². The number of aromatic nitrogens is 2. The topological polar surface area (TPSA) is 101 Å². The third-order valence-electron chi connectivity index (χ3n) is 3.49. The lowest BCUT2D eigenvalue weighted by Crippen LogP contribution is -2.42. The van der Waals surface area contributed by atoms with Crippen LogP contribution in [0.25, 0.3) is 0 Å². The molecule has 0 saturated carbocycles. The quantitative estimate of drug-likeness (QED) is 0.817. The van der Waals surface area contributed by atoms with Crippen LogP contribution in [0.15, 0.2) is 9.62 Å². The highest BCUT2D eigenvalue weighted by Crippen LogP contribution is 2.26. The van der Waals surface area contributed by atoms with Crippen molar-refractivity contribution in [1.82, 2.24) is 20.5 Å². The van der Waals surface area contributed by atoms with E-state index in [9.17, 15) is 9.59 Å². The molecule has 8 nitrogen and oxygen atoms in total. The van der Waals surface area contributed by atoms with Crippen LogP contribution in [-0.2, 0) is 9.59 Å². The van der Waals surface area contributed by atoms with Crippen molar-refractivity contribution in [2.45, 2.75) is 32.1 Å². The Morgan fingerprint density at radius 2 is 2.35 bits per heavy atom. The van der Waals surface area contributed by atoms with Gasteiger partial charge in [0.1, 0.15) is 5.71 Å². The number of aryl methyl sites for hydroxylation is 1. The van der Waals surface area contributed by atoms with E-state index in [-0.39, 0.29) is 29.9 Å². The Kier molecular flexibility index (Phi) is 3.21. The highest BCUT2D eigenvalue weighted by atomic mass is 16.5. The molecule has 20 heavy (non-hydrogen) atoms. The molecule has 0 aliphatic carbocycles. The van der Waals surface area contributed by atoms with Gasteiger partial charge in [0.05, 0.1) is 12.3 Å². The van der Waals surface area contributed by atoms with Crippen molar-refractivity contribution in [1.29, 1.82) is 0 Å². The maximum atomic E-state index is 12.3. The van der Waals surface area contributed by atoms with E-state index in [4.69, 9.17) is 4.52 Å². The van der Waals surface area contributed by atoms with Crippen molar-refractivity contribution in [3.8, 4) is 0 Å². The van der Waals surface area contributed by atoms with Gasteiger partial charge < -0.3 is 9.42 Å². The summed E-state index contributed by atoms with van der Waals surface area (Å²) < 4.78 is 5.18. The molecule has 3 rings (SSSR count). The first-order chi connectivity index (χ1) is 9.63. The first-order valence-corrected chi connectivity index (χ1v) is 6.58. The molecular weight excluding hydrogens is 262 g/mol. The molecule has 2 aliphatic rings. The second-order valence-electron chi connectivity index (χ2n) is 5.04. The van der Waals surface area contributed by atoms with E-state index in [0.29, 0.717) is 24.8 Å². The number of hydrazone groups is 1. The second-order valence-corrected chi connectivity index (χ2v) is 5.04. The van der Waals surface area contributed by atoms with E-state index in [1.807, 2.05) is 0 Å². The van der Waals surface area contributed by atoms with Gasteiger partial charge in [0, 0.05) is 13.1 Å². The van der Waals surface area contributed by atoms with Crippen molar-refractivity contribution in [3.05, 3.63) is 11.7 Å². The van der Waals surface area contributed by atoms with Crippen molar-refractivity contribution < 1.29 is 14.1 Å². The molecule has 1 fully saturated rings. The number of carbonyl (C=O) groups is 2. The number of piperidine rings is 1. The van der Waals surface area contributed by atoms with E-state index in [2.05, 4.69) is 20.7 Å². The van der Waals surface area contributed by atoms with Crippen LogP contribution >= 0.6 is 0 Å². The summed E-state index contributed by atoms with van der Waals surface area (Å²) in [6.45, 7) is 2.95. The molecule has 1 atom stereocenters. The monoisotopic (exact) mass is 277 g/mol. The number of amides is 2. The zero-order valence-electron chi connectivity index (χ0n) is 11.1. The van der Waals surface area contributed by atoms with Gasteiger partial charge in [-0.05, 0) is 19.8 Å². The van der Waals surface area contributed by atoms with Crippen molar-refractivity contribution in [2.24, 2.45) is 5.10 Å². The number of hydrogen-bond donors (Lipinski definition) is 1. The number of nitrogens with zero attached hydrogens (tertiary/aromatic N) is 4. The lowest BCUT2D eigenvalue weighted by atomic mass is 9.97. The molecule has 1 saturated heterocycles. The molecule has 106 valence electrons. The number of nitrogens with one attached hydrogen (secondary N) is 1. The number of rotatable bonds is 2. The second kappa shape index (κ2) is 5.03. The molecule has 1 aromatic heterocycles. The Hall–Kier alpha value is -2.25. The molecule has 0 bridgehead atoms. The Balaban J connectivity index is 1.69. The lowest BCUT2D eigenvalue weighted by molar-refractivity contribution is -0.126. The van der Waals surface area contributed by atoms with Crippen molar-refractivity contribution in [3.63, 3.8) is 0 Å². The predicted molar refractivity (Wildman–Crippen MR) is 67.8 cm³/mol. The molecule has 0 spiro atoms. The fourth-order valence-corrected chi connectivity index (χ4v) is 2.51. The van der Waals surface area contributed by atoms with E-state index in [1.54, 1.807) is 11.8 Å². The molecule has 0 aromatic carbocycles. The first-order valence-electron chi connectivity index (χ1n) is 6.58. The normalized spacial score (nSPS) is 22.6. The highest BCUT2D eigenvalue weighted by molar-refractivity contribution is 6.43. The summed E-state index contributed by atoms with van der Waals surface area (Å²) in [4.78, 5) is 29.3. The smallest absolute Gasteiger partial charge is 0.270 e. The molecule has 1 unspecified atom stereocenters. The highest BCUT2D eigenvalue weighted by Gasteiger charge is 2.32. The van der Waals surface area contributed by atoms with Gasteiger partial charge in [-0.25, -0.2) is 5.43 Å². The molecular formula is C12H15N5O3. The molecule has 1 aromatic rings. The van der Waals surface area contributed by atoms with Crippen LogP contribution in [0.2, 0.25) is 0 Å². The van der Waals surface area contributed by atoms with Gasteiger partial charge in [0.15, 0.2) is 5.82 Å². The molecule has 1 N–H and O–H groups in total. The molecule has 3 heterocycles. The van der Waals surface area contributed by atoms with E-state index in [0.717, 1.165) is 12.8 Å². The number of carbonyl (C=O) groups excluding carboxylic acids is 2. The van der Waals surface area contributed by atoms with Crippen LogP contribution < -0.4 is 5.43 Å². The summed E-state index contributed by atoms with van der Waals surface area (Å²) in [6, 6.07) is 0. The van der Waals surface area contributed by atoms with Crippen LogP contribution in [0.4, 0.5) is 0 Å². The summed E-state index contributed by atoms with van der Waals surface area (Å²) in [7, 11) is 0. The van der Waals surface area contributed by atoms with Crippen molar-refractivity contribution in [2.75, 3.05) is 13.1 Å². The average molecular weight is 277 g/mol. The van der Waals surface area contributed by atoms with Gasteiger partial charge in [-0.3, -0.25) is 9.59 Å². The minimum Gasteiger partial charge on any atom is -0.339 e. The summed E-state index contributed by atoms with van der Waals surface area (Å²) in [5, 5.41) is 7.55. The Morgan fingerprint density at radius 1 is 1.50 bits per heavy atom. The van der Waals surface area contributed by atoms with E-state index < -0.39 is 0 Å². The maximum Gasteiger partial charge on any atom is 0.270 e. The van der Waals surface area contributed by atoms with Crippen LogP contribution in [-0.4, -0.2) is 45.7 Å². The molecule has 2 amide bonds. The maximum absolute atomic E-state index is 12.3. The Labute approximate surface area is 115 Å². The largest absolute Gasteiger partial charge is 0.339 e. The molecule has 0 radical (unpaired) electrons. The van der Waals surface area contributed by atoms with E-state index in [1.165, 1.54) is 0 Å². The van der Waals surface area contributed by atoms with Gasteiger partial charge >= 0.3 is 0 Å². The minimum absolute atomic E-state index is 0.0552. The first kappa shape index (κ1) is 12.8. The van der Waals surface area contributed by atoms with Crippen molar-refractivity contribution >= 4 is 17.5 Å². The summed E-state index contributed by atoms with van der Waals surface area (Å²) in [5.74, 6) is 0.791. The SMILES string of the molecule is Cc1noc(C2CCCN(C(=O)C3=NNC(=O)C3)C2)n1. The van der Waals surface area contributed by atoms with Gasteiger partial charge in [0.25, 0.3) is 5.91 Å². The van der Waals surface area contributed by atoms with Gasteiger partial charge in [0.2, 0.25) is 11.8 Å². The zero-order valence-corrected chi connectivity index (χ0v) is 11.1. The zero-order chi connectivity index (χ0) is 14.1. The summed E-state index contributed by atoms with van der Waals surface area (Å²) in [6.07, 6.45) is 1.83. The third-order valence-corrected chi connectivity index (χ3v) is 3.49. The van der Waals surface area contributed by atoms with Crippen LogP contribution in [0.3, 0.4) is 0 Å². The number of likely N-dealkylation sites (tertiary alicyclic amines) is 1. The van der Waals surface area contributed by atoms with Gasteiger partial charge in [-0.2, -0.15) is 10.1 Å². The fraction of sp³-hybridized carbons (Fsp3) is 0.583. The van der Waals surface area contributed by atoms with Gasteiger partial charge in [-0.1, -0.05) is 5.16 Å². The summed E-state index contributed by atoms with van der Waals surface area (Å²) in [5.41, 5.74) is 2.57. The number of hydrogen-bond acceptors (Lipinski definition) is 6. The molecule has 2 aliphatic heterocycles. The van der Waals surface area contributed by atoms with Crippen LogP contribution in [0, 0.1) is 6.92 Å². The fourth-order valence-electron chi connectivity index (χ4n) is 2.51. The minimum atomic E-state index is -0.241. The average Bonchev–Trinajstić information content (AvgIpc) is 3.07. The van der Waals surface area contributed by atoms with Crippen LogP contribution in [0.5, 0.6) is 0 Å². The summed E-state index contributed by atoms with van der Waals surface area (Å²) >= 11 is 0. The standard InChI is InChI=1S/C12H15N5O3/c1-7-13-11(20-16-7)8-3-2-4-17(6-8)12(19)9-5-10(18)15-14-9/h8H,2-6H2,1H3,(H,15,18). The Bertz CT molecular complexity index is 579. The third kappa shape index (κ3) is 2.40. The Morgan fingerprint density at radius 3 is 3.00 bits per heavy atom. The van der Waals surface area contributed by atoms with Gasteiger partial charge in [-0.15, -0.1) is 0 Å². The lowest BCUT2D eigenvalue weighted by Gasteiger charge is -2.30. The van der Waals surface area contributed by atoms with E-state index >= 15 is 0 Å².